The van der Waals surface area contributed by atoms with Gasteiger partial charge in [-0.2, -0.15) is 0 Å². The molecule has 23 heavy (non-hydrogen) atoms. The fourth-order valence-electron chi connectivity index (χ4n) is 5.93. The zero-order valence-electron chi connectivity index (χ0n) is 14.8. The van der Waals surface area contributed by atoms with E-state index in [0.29, 0.717) is 11.8 Å². The fourth-order valence-corrected chi connectivity index (χ4v) is 5.93. The summed E-state index contributed by atoms with van der Waals surface area (Å²) in [5, 5.41) is 0. The molecule has 128 valence electrons. The van der Waals surface area contributed by atoms with Crippen LogP contribution in [0.2, 0.25) is 0 Å². The molecule has 3 fully saturated rings. The van der Waals surface area contributed by atoms with E-state index < -0.39 is 12.2 Å². The Morgan fingerprint density at radius 1 is 1.04 bits per heavy atom. The Balaban J connectivity index is 2.03. The zero-order chi connectivity index (χ0) is 17.2. The van der Waals surface area contributed by atoms with Gasteiger partial charge < -0.3 is 9.47 Å². The van der Waals surface area contributed by atoms with Crippen molar-refractivity contribution in [3.05, 3.63) is 12.2 Å². The average molecular weight is 320 g/mol. The molecule has 0 saturated heterocycles. The Kier molecular flexibility index (Phi) is 3.66. The van der Waals surface area contributed by atoms with Gasteiger partial charge in [0.25, 0.3) is 0 Å². The zero-order valence-corrected chi connectivity index (χ0v) is 14.8. The van der Waals surface area contributed by atoms with Crippen molar-refractivity contribution >= 4 is 11.9 Å². The van der Waals surface area contributed by atoms with E-state index >= 15 is 0 Å². The number of carbonyl (C=O) groups is 2. The minimum absolute atomic E-state index is 0.103. The van der Waals surface area contributed by atoms with Gasteiger partial charge in [-0.05, 0) is 41.1 Å². The quantitative estimate of drug-likeness (QED) is 0.577. The van der Waals surface area contributed by atoms with Gasteiger partial charge >= 0.3 is 11.9 Å². The minimum atomic E-state index is -0.496. The molecule has 0 aromatic rings. The predicted octanol–water partition coefficient (Wildman–Crippen LogP) is 3.50. The minimum Gasteiger partial charge on any atom is -0.458 e. The molecule has 4 heteroatoms. The molecule has 0 aromatic heterocycles. The first-order valence-electron chi connectivity index (χ1n) is 8.63. The van der Waals surface area contributed by atoms with E-state index in [1.165, 1.54) is 26.7 Å². The lowest BCUT2D eigenvalue weighted by molar-refractivity contribution is -0.245. The van der Waals surface area contributed by atoms with Crippen molar-refractivity contribution in [3.8, 4) is 0 Å². The molecule has 3 aliphatic carbocycles. The molecule has 3 saturated carbocycles. The molecule has 4 bridgehead atoms. The lowest BCUT2D eigenvalue weighted by Crippen LogP contribution is -2.71. The third-order valence-corrected chi connectivity index (χ3v) is 6.67. The van der Waals surface area contributed by atoms with Crippen LogP contribution >= 0.6 is 0 Å². The largest absolute Gasteiger partial charge is 0.458 e. The molecule has 0 amide bonds. The number of hydrogen-bond donors (Lipinski definition) is 0. The van der Waals surface area contributed by atoms with E-state index in [9.17, 15) is 9.59 Å². The van der Waals surface area contributed by atoms with Crippen molar-refractivity contribution < 1.29 is 19.1 Å². The summed E-state index contributed by atoms with van der Waals surface area (Å²) in [5.74, 6) is 0.369. The molecule has 3 aliphatic rings. The molecule has 0 radical (unpaired) electrons. The Hall–Kier alpha value is -1.32. The summed E-state index contributed by atoms with van der Waals surface area (Å²) < 4.78 is 11.2. The number of carbonyl (C=O) groups excluding carboxylic acids is 2. The van der Waals surface area contributed by atoms with Crippen LogP contribution in [-0.2, 0) is 19.1 Å². The molecule has 4 nitrogen and oxygen atoms in total. The highest BCUT2D eigenvalue weighted by Crippen LogP contribution is 2.73. The van der Waals surface area contributed by atoms with Crippen molar-refractivity contribution in [1.29, 1.82) is 0 Å². The average Bonchev–Trinajstić information content (AvgIpc) is 2.55. The molecule has 0 aromatic carbocycles. The van der Waals surface area contributed by atoms with Crippen molar-refractivity contribution in [2.75, 3.05) is 0 Å². The second-order valence-corrected chi connectivity index (χ2v) is 8.56. The van der Waals surface area contributed by atoms with Gasteiger partial charge in [-0.3, -0.25) is 9.59 Å². The highest BCUT2D eigenvalue weighted by molar-refractivity contribution is 5.68. The van der Waals surface area contributed by atoms with E-state index in [4.69, 9.17) is 9.47 Å². The molecule has 3 unspecified atom stereocenters. The van der Waals surface area contributed by atoms with Crippen LogP contribution in [0.5, 0.6) is 0 Å². The third-order valence-electron chi connectivity index (χ3n) is 6.67. The Labute approximate surface area is 138 Å². The molecule has 6 atom stereocenters. The van der Waals surface area contributed by atoms with Crippen molar-refractivity contribution in [2.24, 2.45) is 28.6 Å². The lowest BCUT2D eigenvalue weighted by atomic mass is 9.36. The summed E-state index contributed by atoms with van der Waals surface area (Å²) in [5.41, 5.74) is 1.23. The van der Waals surface area contributed by atoms with Gasteiger partial charge in [-0.25, -0.2) is 0 Å². The van der Waals surface area contributed by atoms with E-state index in [2.05, 4.69) is 27.4 Å². The lowest BCUT2D eigenvalue weighted by Gasteiger charge is -2.69. The molecular weight excluding hydrogens is 292 g/mol. The molecule has 0 spiro atoms. The summed E-state index contributed by atoms with van der Waals surface area (Å²) in [7, 11) is 0. The van der Waals surface area contributed by atoms with Crippen LogP contribution in [0.1, 0.15) is 53.9 Å². The number of esters is 2. The van der Waals surface area contributed by atoms with Crippen molar-refractivity contribution in [2.45, 2.75) is 66.1 Å². The highest BCUT2D eigenvalue weighted by atomic mass is 16.6. The smallest absolute Gasteiger partial charge is 0.303 e. The van der Waals surface area contributed by atoms with Crippen LogP contribution in [-0.4, -0.2) is 24.1 Å². The van der Waals surface area contributed by atoms with Gasteiger partial charge in [0.15, 0.2) is 6.10 Å². The van der Waals surface area contributed by atoms with Gasteiger partial charge in [0.2, 0.25) is 0 Å². The maximum absolute atomic E-state index is 11.7. The predicted molar refractivity (Wildman–Crippen MR) is 86.5 cm³/mol. The summed E-state index contributed by atoms with van der Waals surface area (Å²) in [4.78, 5) is 23.2. The second-order valence-electron chi connectivity index (χ2n) is 8.56. The molecule has 0 aliphatic heterocycles. The van der Waals surface area contributed by atoms with Crippen LogP contribution in [0.15, 0.2) is 12.2 Å². The van der Waals surface area contributed by atoms with E-state index in [-0.39, 0.29) is 28.7 Å². The first-order chi connectivity index (χ1) is 10.6. The van der Waals surface area contributed by atoms with Crippen LogP contribution in [0.25, 0.3) is 0 Å². The Morgan fingerprint density at radius 2 is 1.65 bits per heavy atom. The normalized spacial score (nSPS) is 43.9. The van der Waals surface area contributed by atoms with Crippen molar-refractivity contribution in [1.82, 2.24) is 0 Å². The van der Waals surface area contributed by atoms with Crippen LogP contribution in [0.3, 0.4) is 0 Å². The first kappa shape index (κ1) is 16.5. The Morgan fingerprint density at radius 3 is 2.22 bits per heavy atom. The topological polar surface area (TPSA) is 52.6 Å². The van der Waals surface area contributed by atoms with E-state index in [1.54, 1.807) is 0 Å². The third kappa shape index (κ3) is 2.25. The van der Waals surface area contributed by atoms with Gasteiger partial charge in [-0.15, -0.1) is 0 Å². The summed E-state index contributed by atoms with van der Waals surface area (Å²) in [6.07, 6.45) is 2.58. The van der Waals surface area contributed by atoms with E-state index in [1.807, 2.05) is 0 Å². The summed E-state index contributed by atoms with van der Waals surface area (Å²) in [6.45, 7) is 14.0. The molecule has 3 rings (SSSR count). The standard InChI is InChI=1S/C19H28O4/c1-10-13-14-15(19(13,6)9-7-8-18(14,4)5)17(23-12(3)21)16(10)22-11(2)20/h13-17H,1,7-9H2,2-6H3/t13?,14?,15?,16-,17-,19+/m1/s1. The Bertz CT molecular complexity index is 564. The summed E-state index contributed by atoms with van der Waals surface area (Å²) >= 11 is 0. The maximum atomic E-state index is 11.7. The van der Waals surface area contributed by atoms with Crippen LogP contribution in [0, 0.1) is 28.6 Å². The van der Waals surface area contributed by atoms with Gasteiger partial charge in [0, 0.05) is 19.8 Å². The van der Waals surface area contributed by atoms with Crippen LogP contribution < -0.4 is 0 Å². The van der Waals surface area contributed by atoms with Gasteiger partial charge in [0.05, 0.1) is 0 Å². The first-order valence-corrected chi connectivity index (χ1v) is 8.63. The molecular formula is C19H28O4. The van der Waals surface area contributed by atoms with E-state index in [0.717, 1.165) is 12.0 Å². The maximum Gasteiger partial charge on any atom is 0.303 e. The number of fused-ring (bicyclic) bond motifs is 1. The molecule has 0 N–H and O–H groups in total. The monoisotopic (exact) mass is 320 g/mol. The molecule has 0 heterocycles. The number of ether oxygens (including phenoxy) is 2. The summed E-state index contributed by atoms with van der Waals surface area (Å²) in [6, 6.07) is 0. The number of rotatable bonds is 2. The van der Waals surface area contributed by atoms with Gasteiger partial charge in [-0.1, -0.05) is 33.8 Å². The fraction of sp³-hybridized carbons (Fsp3) is 0.789. The number of hydrogen-bond acceptors (Lipinski definition) is 4. The SMILES string of the molecule is C=C1C2C3C([C@@H](OC(C)=O)[C@@H]1OC(C)=O)[C@@]2(C)CCCC3(C)C. The van der Waals surface area contributed by atoms with Crippen LogP contribution in [0.4, 0.5) is 0 Å². The van der Waals surface area contributed by atoms with Crippen molar-refractivity contribution in [3.63, 3.8) is 0 Å². The highest BCUT2D eigenvalue weighted by Gasteiger charge is 2.72. The van der Waals surface area contributed by atoms with Gasteiger partial charge in [0.1, 0.15) is 6.10 Å². The second kappa shape index (κ2) is 5.09.